The highest BCUT2D eigenvalue weighted by atomic mass is 19.1. The number of nitriles is 1. The zero-order valence-electron chi connectivity index (χ0n) is 17.6. The molecule has 0 saturated heterocycles. The fraction of sp³-hybridized carbons (Fsp3) is 0.190. The number of nitrogens with zero attached hydrogens (tertiary/aromatic N) is 8. The Kier molecular flexibility index (Phi) is 5.61. The van der Waals surface area contributed by atoms with Crippen LogP contribution in [0.2, 0.25) is 0 Å². The second kappa shape index (κ2) is 8.54. The van der Waals surface area contributed by atoms with E-state index in [1.165, 1.54) is 0 Å². The number of carbonyl (C=O) groups excluding carboxylic acids is 1. The lowest BCUT2D eigenvalue weighted by Crippen LogP contribution is -2.44. The molecule has 12 heteroatoms. The summed E-state index contributed by atoms with van der Waals surface area (Å²) in [6.07, 6.45) is 3.33. The predicted molar refractivity (Wildman–Crippen MR) is 111 cm³/mol. The van der Waals surface area contributed by atoms with Crippen LogP contribution in [0.1, 0.15) is 34.5 Å². The van der Waals surface area contributed by atoms with E-state index in [-0.39, 0.29) is 23.8 Å². The number of tetrazole rings is 1. The summed E-state index contributed by atoms with van der Waals surface area (Å²) in [4.78, 5) is 18.8. The average Bonchev–Trinajstić information content (AvgIpc) is 3.50. The zero-order valence-corrected chi connectivity index (χ0v) is 17.6. The molecule has 10 nitrogen and oxygen atoms in total. The molecule has 0 spiro atoms. The number of anilines is 1. The second-order valence-electron chi connectivity index (χ2n) is 7.48. The number of hydrogen-bond donors (Lipinski definition) is 1. The van der Waals surface area contributed by atoms with Crippen LogP contribution in [0, 0.1) is 23.0 Å². The number of aryl methyl sites for hydroxylation is 1. The van der Waals surface area contributed by atoms with E-state index in [0.29, 0.717) is 17.3 Å². The number of H-pyrrole nitrogens is 1. The lowest BCUT2D eigenvalue weighted by Gasteiger charge is -2.34. The molecular weight excluding hydrogens is 432 g/mol. The minimum atomic E-state index is -1.05. The van der Waals surface area contributed by atoms with Crippen LogP contribution >= 0.6 is 0 Å². The van der Waals surface area contributed by atoms with Gasteiger partial charge in [0.1, 0.15) is 23.4 Å². The van der Waals surface area contributed by atoms with Crippen LogP contribution < -0.4 is 4.90 Å². The number of carbonyl (C=O) groups is 1. The first-order valence-electron chi connectivity index (χ1n) is 9.69. The number of pyridine rings is 1. The molecule has 1 N–H and O–H groups in total. The van der Waals surface area contributed by atoms with Crippen molar-refractivity contribution in [2.24, 2.45) is 7.05 Å². The first-order valence-corrected chi connectivity index (χ1v) is 9.69. The van der Waals surface area contributed by atoms with E-state index >= 15 is 0 Å². The number of hydrogen-bond acceptors (Lipinski definition) is 7. The summed E-state index contributed by atoms with van der Waals surface area (Å²) in [6.45, 7) is 1.63. The van der Waals surface area contributed by atoms with Crippen molar-refractivity contribution in [3.8, 4) is 6.07 Å². The molecule has 0 aliphatic carbocycles. The van der Waals surface area contributed by atoms with Crippen molar-refractivity contribution in [1.29, 1.82) is 5.26 Å². The molecular formula is C21H17F2N9O. The van der Waals surface area contributed by atoms with Gasteiger partial charge in [-0.3, -0.25) is 9.48 Å². The first kappa shape index (κ1) is 21.7. The third-order valence-electron chi connectivity index (χ3n) is 5.23. The van der Waals surface area contributed by atoms with Crippen LogP contribution in [0.25, 0.3) is 0 Å². The Morgan fingerprint density at radius 1 is 1.30 bits per heavy atom. The molecule has 4 aromatic rings. The smallest absolute Gasteiger partial charge is 0.299 e. The molecule has 0 fully saturated rings. The van der Waals surface area contributed by atoms with Crippen LogP contribution in [-0.4, -0.2) is 47.8 Å². The minimum Gasteiger partial charge on any atom is -0.301 e. The number of amides is 1. The maximum atomic E-state index is 14.8. The van der Waals surface area contributed by atoms with Gasteiger partial charge in [0.15, 0.2) is 0 Å². The molecule has 1 aromatic carbocycles. The van der Waals surface area contributed by atoms with E-state index in [4.69, 9.17) is 0 Å². The predicted octanol–water partition coefficient (Wildman–Crippen LogP) is 2.13. The molecule has 0 bridgehead atoms. The first-order chi connectivity index (χ1) is 15.8. The fourth-order valence-corrected chi connectivity index (χ4v) is 3.49. The SMILES string of the molecule is Cn1cc(C(C)(CN(C(=O)c2nn[nH]n2)c2ccc(F)cc2F)c2cccc(C#N)n2)cn1. The van der Waals surface area contributed by atoms with Gasteiger partial charge >= 0.3 is 0 Å². The average molecular weight is 449 g/mol. The van der Waals surface area contributed by atoms with Crippen molar-refractivity contribution in [2.45, 2.75) is 12.3 Å². The Hall–Kier alpha value is -4.53. The van der Waals surface area contributed by atoms with Gasteiger partial charge in [0.2, 0.25) is 0 Å². The summed E-state index contributed by atoms with van der Waals surface area (Å²) in [5.41, 5.74) is 0.0369. The van der Waals surface area contributed by atoms with Gasteiger partial charge in [0, 0.05) is 31.4 Å². The summed E-state index contributed by atoms with van der Waals surface area (Å²) >= 11 is 0. The standard InChI is InChI=1S/C21H17F2N9O/c1-21(13-10-25-31(2)11-13,18-5-3-4-15(9-24)26-18)12-32(20(33)19-27-29-30-28-19)17-7-6-14(22)8-16(17)23/h3-8,10-11H,12H2,1-2H3,(H,27,28,29,30). The van der Waals surface area contributed by atoms with Gasteiger partial charge in [-0.15, -0.1) is 10.2 Å². The van der Waals surface area contributed by atoms with Crippen LogP contribution in [-0.2, 0) is 12.5 Å². The summed E-state index contributed by atoms with van der Waals surface area (Å²) in [6, 6.07) is 9.80. The molecule has 166 valence electrons. The molecule has 33 heavy (non-hydrogen) atoms. The van der Waals surface area contributed by atoms with E-state index in [2.05, 4.69) is 30.7 Å². The molecule has 3 heterocycles. The molecule has 1 amide bonds. The normalized spacial score (nSPS) is 12.7. The minimum absolute atomic E-state index is 0.156. The third-order valence-corrected chi connectivity index (χ3v) is 5.23. The molecule has 0 aliphatic heterocycles. The monoisotopic (exact) mass is 449 g/mol. The molecule has 0 radical (unpaired) electrons. The molecule has 0 saturated carbocycles. The van der Waals surface area contributed by atoms with Gasteiger partial charge in [-0.05, 0) is 36.4 Å². The van der Waals surface area contributed by atoms with Crippen molar-refractivity contribution in [3.63, 3.8) is 0 Å². The van der Waals surface area contributed by atoms with Gasteiger partial charge in [-0.25, -0.2) is 13.8 Å². The third kappa shape index (κ3) is 4.16. The summed E-state index contributed by atoms with van der Waals surface area (Å²) in [5.74, 6) is -2.80. The highest BCUT2D eigenvalue weighted by Gasteiger charge is 2.38. The van der Waals surface area contributed by atoms with Crippen molar-refractivity contribution in [3.05, 3.63) is 83.2 Å². The van der Waals surface area contributed by atoms with Gasteiger partial charge in [0.05, 0.1) is 23.0 Å². The second-order valence-corrected chi connectivity index (χ2v) is 7.48. The van der Waals surface area contributed by atoms with Crippen molar-refractivity contribution < 1.29 is 13.6 Å². The topological polar surface area (TPSA) is 129 Å². The maximum Gasteiger partial charge on any atom is 0.299 e. The summed E-state index contributed by atoms with van der Waals surface area (Å²) in [5, 5.41) is 26.5. The molecule has 1 unspecified atom stereocenters. The molecule has 1 atom stereocenters. The highest BCUT2D eigenvalue weighted by molar-refractivity contribution is 6.03. The highest BCUT2D eigenvalue weighted by Crippen LogP contribution is 2.34. The Morgan fingerprint density at radius 2 is 2.12 bits per heavy atom. The Morgan fingerprint density at radius 3 is 2.76 bits per heavy atom. The number of aromatic nitrogens is 7. The number of halogens is 2. The molecule has 3 aromatic heterocycles. The number of benzene rings is 1. The number of aromatic amines is 1. The van der Waals surface area contributed by atoms with Gasteiger partial charge in [-0.2, -0.15) is 15.6 Å². The van der Waals surface area contributed by atoms with Gasteiger partial charge < -0.3 is 4.90 Å². The molecule has 4 rings (SSSR count). The van der Waals surface area contributed by atoms with Crippen LogP contribution in [0.3, 0.4) is 0 Å². The Balaban J connectivity index is 1.89. The summed E-state index contributed by atoms with van der Waals surface area (Å²) < 4.78 is 30.0. The van der Waals surface area contributed by atoms with Crippen molar-refractivity contribution >= 4 is 11.6 Å². The van der Waals surface area contributed by atoms with E-state index in [1.54, 1.807) is 49.2 Å². The molecule has 0 aliphatic rings. The number of nitrogens with one attached hydrogen (secondary N) is 1. The van der Waals surface area contributed by atoms with E-state index in [1.807, 2.05) is 6.07 Å². The van der Waals surface area contributed by atoms with Crippen LogP contribution in [0.4, 0.5) is 14.5 Å². The Bertz CT molecular complexity index is 1350. The van der Waals surface area contributed by atoms with E-state index < -0.39 is 23.0 Å². The quantitative estimate of drug-likeness (QED) is 0.477. The van der Waals surface area contributed by atoms with E-state index in [0.717, 1.165) is 17.0 Å². The van der Waals surface area contributed by atoms with Gasteiger partial charge in [-0.1, -0.05) is 6.07 Å². The van der Waals surface area contributed by atoms with Crippen LogP contribution in [0.15, 0.2) is 48.8 Å². The maximum absolute atomic E-state index is 14.8. The summed E-state index contributed by atoms with van der Waals surface area (Å²) in [7, 11) is 1.73. The van der Waals surface area contributed by atoms with Crippen molar-refractivity contribution in [1.82, 2.24) is 35.4 Å². The number of rotatable bonds is 6. The van der Waals surface area contributed by atoms with Gasteiger partial charge in [0.25, 0.3) is 11.7 Å². The van der Waals surface area contributed by atoms with Crippen LogP contribution in [0.5, 0.6) is 0 Å². The largest absolute Gasteiger partial charge is 0.301 e. The zero-order chi connectivity index (χ0) is 23.6. The Labute approximate surface area is 186 Å². The van der Waals surface area contributed by atoms with Crippen molar-refractivity contribution in [2.75, 3.05) is 11.4 Å². The van der Waals surface area contributed by atoms with E-state index in [9.17, 15) is 18.8 Å². The lowest BCUT2D eigenvalue weighted by molar-refractivity contribution is 0.0971. The lowest BCUT2D eigenvalue weighted by atomic mass is 9.79. The fourth-order valence-electron chi connectivity index (χ4n) is 3.49.